The maximum atomic E-state index is 12.6. The number of amides is 2. The molecule has 0 radical (unpaired) electrons. The van der Waals surface area contributed by atoms with Crippen LogP contribution in [0.25, 0.3) is 0 Å². The topological polar surface area (TPSA) is 67.4 Å². The Morgan fingerprint density at radius 2 is 1.96 bits per heavy atom. The summed E-state index contributed by atoms with van der Waals surface area (Å²) >= 11 is 0. The molecule has 1 saturated heterocycles. The van der Waals surface area contributed by atoms with Gasteiger partial charge >= 0.3 is 0 Å². The zero-order valence-corrected chi connectivity index (χ0v) is 15.8. The van der Waals surface area contributed by atoms with Gasteiger partial charge < -0.3 is 15.4 Å². The highest BCUT2D eigenvalue weighted by Crippen LogP contribution is 2.18. The Balaban J connectivity index is 1.62. The Bertz CT molecular complexity index is 795. The second-order valence-corrected chi connectivity index (χ2v) is 6.86. The molecule has 0 aromatic heterocycles. The summed E-state index contributed by atoms with van der Waals surface area (Å²) in [5.41, 5.74) is 3.44. The Morgan fingerprint density at radius 1 is 1.19 bits per heavy atom. The van der Waals surface area contributed by atoms with Crippen LogP contribution in [-0.2, 0) is 16.0 Å². The van der Waals surface area contributed by atoms with Gasteiger partial charge in [0.05, 0.1) is 6.04 Å². The number of anilines is 1. The first-order valence-corrected chi connectivity index (χ1v) is 9.49. The van der Waals surface area contributed by atoms with Crippen molar-refractivity contribution in [2.24, 2.45) is 0 Å². The molecule has 3 rings (SSSR count). The average Bonchev–Trinajstić information content (AvgIpc) is 3.23. The van der Waals surface area contributed by atoms with Gasteiger partial charge in [0, 0.05) is 17.9 Å². The SMILES string of the molecule is CCc1ccc(C(C)NC(=O)c2cccc(NC(=O)C3CCCO3)c2)cc1. The lowest BCUT2D eigenvalue weighted by Crippen LogP contribution is -2.28. The fourth-order valence-electron chi connectivity index (χ4n) is 3.15. The second kappa shape index (κ2) is 8.82. The van der Waals surface area contributed by atoms with Crippen LogP contribution in [0.15, 0.2) is 48.5 Å². The molecular formula is C22H26N2O3. The van der Waals surface area contributed by atoms with Crippen molar-refractivity contribution in [3.05, 3.63) is 65.2 Å². The summed E-state index contributed by atoms with van der Waals surface area (Å²) in [5, 5.41) is 5.84. The van der Waals surface area contributed by atoms with Crippen molar-refractivity contribution in [1.82, 2.24) is 5.32 Å². The average molecular weight is 366 g/mol. The van der Waals surface area contributed by atoms with Gasteiger partial charge in [0.15, 0.2) is 0 Å². The van der Waals surface area contributed by atoms with Crippen LogP contribution in [-0.4, -0.2) is 24.5 Å². The van der Waals surface area contributed by atoms with Gasteiger partial charge in [0.25, 0.3) is 11.8 Å². The Labute approximate surface area is 160 Å². The molecular weight excluding hydrogens is 340 g/mol. The normalized spacial score (nSPS) is 17.3. The van der Waals surface area contributed by atoms with Crippen molar-refractivity contribution < 1.29 is 14.3 Å². The van der Waals surface area contributed by atoms with E-state index in [2.05, 4.69) is 29.7 Å². The molecule has 0 spiro atoms. The molecule has 2 aromatic rings. The number of nitrogens with one attached hydrogen (secondary N) is 2. The molecule has 0 aliphatic carbocycles. The molecule has 2 N–H and O–H groups in total. The zero-order valence-electron chi connectivity index (χ0n) is 15.8. The van der Waals surface area contributed by atoms with E-state index in [0.717, 1.165) is 24.8 Å². The van der Waals surface area contributed by atoms with E-state index in [4.69, 9.17) is 4.74 Å². The predicted molar refractivity (Wildman–Crippen MR) is 106 cm³/mol. The lowest BCUT2D eigenvalue weighted by atomic mass is 10.0. The van der Waals surface area contributed by atoms with E-state index >= 15 is 0 Å². The highest BCUT2D eigenvalue weighted by Gasteiger charge is 2.23. The molecule has 27 heavy (non-hydrogen) atoms. The van der Waals surface area contributed by atoms with Gasteiger partial charge in [-0.05, 0) is 55.5 Å². The number of hydrogen-bond donors (Lipinski definition) is 2. The third-order valence-electron chi connectivity index (χ3n) is 4.85. The van der Waals surface area contributed by atoms with E-state index in [9.17, 15) is 9.59 Å². The minimum Gasteiger partial charge on any atom is -0.368 e. The molecule has 0 bridgehead atoms. The Hall–Kier alpha value is -2.66. The zero-order chi connectivity index (χ0) is 19.2. The maximum absolute atomic E-state index is 12.6. The maximum Gasteiger partial charge on any atom is 0.253 e. The number of rotatable bonds is 6. The van der Waals surface area contributed by atoms with Gasteiger partial charge in [0.1, 0.15) is 6.10 Å². The largest absolute Gasteiger partial charge is 0.368 e. The van der Waals surface area contributed by atoms with Crippen LogP contribution in [0.2, 0.25) is 0 Å². The van der Waals surface area contributed by atoms with Crippen LogP contribution in [0.3, 0.4) is 0 Å². The Morgan fingerprint density at radius 3 is 2.63 bits per heavy atom. The van der Waals surface area contributed by atoms with Gasteiger partial charge in [-0.25, -0.2) is 0 Å². The van der Waals surface area contributed by atoms with Crippen LogP contribution in [0.5, 0.6) is 0 Å². The first-order valence-electron chi connectivity index (χ1n) is 9.49. The number of benzene rings is 2. The first kappa shape index (κ1) is 19.1. The third kappa shape index (κ3) is 4.95. The van der Waals surface area contributed by atoms with Crippen LogP contribution < -0.4 is 10.6 Å². The highest BCUT2D eigenvalue weighted by molar-refractivity contribution is 5.98. The molecule has 5 heteroatoms. The van der Waals surface area contributed by atoms with E-state index < -0.39 is 6.10 Å². The monoisotopic (exact) mass is 366 g/mol. The van der Waals surface area contributed by atoms with Crippen LogP contribution in [0, 0.1) is 0 Å². The quantitative estimate of drug-likeness (QED) is 0.816. The van der Waals surface area contributed by atoms with Crippen molar-refractivity contribution in [3.63, 3.8) is 0 Å². The van der Waals surface area contributed by atoms with Crippen LogP contribution >= 0.6 is 0 Å². The van der Waals surface area contributed by atoms with Gasteiger partial charge in [0.2, 0.25) is 0 Å². The lowest BCUT2D eigenvalue weighted by molar-refractivity contribution is -0.124. The van der Waals surface area contributed by atoms with Crippen molar-refractivity contribution in [1.29, 1.82) is 0 Å². The number of aryl methyl sites for hydroxylation is 1. The summed E-state index contributed by atoms with van der Waals surface area (Å²) in [6, 6.07) is 15.1. The summed E-state index contributed by atoms with van der Waals surface area (Å²) in [6.45, 7) is 4.70. The molecule has 5 nitrogen and oxygen atoms in total. The molecule has 1 heterocycles. The molecule has 2 aromatic carbocycles. The van der Waals surface area contributed by atoms with E-state index in [1.165, 1.54) is 5.56 Å². The molecule has 1 fully saturated rings. The fourth-order valence-corrected chi connectivity index (χ4v) is 3.15. The van der Waals surface area contributed by atoms with E-state index in [1.807, 2.05) is 19.1 Å². The molecule has 2 amide bonds. The van der Waals surface area contributed by atoms with Crippen molar-refractivity contribution in [2.75, 3.05) is 11.9 Å². The van der Waals surface area contributed by atoms with Gasteiger partial charge in [-0.3, -0.25) is 9.59 Å². The molecule has 0 saturated carbocycles. The second-order valence-electron chi connectivity index (χ2n) is 6.86. The standard InChI is InChI=1S/C22H26N2O3/c1-3-16-9-11-17(12-10-16)15(2)23-21(25)18-6-4-7-19(14-18)24-22(26)20-8-5-13-27-20/h4,6-7,9-12,14-15,20H,3,5,8,13H2,1-2H3,(H,23,25)(H,24,26). The summed E-state index contributed by atoms with van der Waals surface area (Å²) in [7, 11) is 0. The third-order valence-corrected chi connectivity index (χ3v) is 4.85. The fraction of sp³-hybridized carbons (Fsp3) is 0.364. The lowest BCUT2D eigenvalue weighted by Gasteiger charge is -2.16. The van der Waals surface area contributed by atoms with Gasteiger partial charge in [-0.2, -0.15) is 0 Å². The molecule has 2 unspecified atom stereocenters. The summed E-state index contributed by atoms with van der Waals surface area (Å²) in [5.74, 6) is -0.329. The molecule has 1 aliphatic heterocycles. The van der Waals surface area contributed by atoms with Crippen LogP contribution in [0.1, 0.15) is 54.2 Å². The Kier molecular flexibility index (Phi) is 6.24. The highest BCUT2D eigenvalue weighted by atomic mass is 16.5. The van der Waals surface area contributed by atoms with E-state index in [1.54, 1.807) is 24.3 Å². The molecule has 142 valence electrons. The molecule has 1 aliphatic rings. The van der Waals surface area contributed by atoms with Crippen LogP contribution in [0.4, 0.5) is 5.69 Å². The minimum atomic E-state index is -0.395. The van der Waals surface area contributed by atoms with Crippen molar-refractivity contribution in [2.45, 2.75) is 45.3 Å². The summed E-state index contributed by atoms with van der Waals surface area (Å²) in [4.78, 5) is 24.8. The predicted octanol–water partition coefficient (Wildman–Crippen LogP) is 3.86. The number of ether oxygens (including phenoxy) is 1. The van der Waals surface area contributed by atoms with Crippen molar-refractivity contribution >= 4 is 17.5 Å². The number of hydrogen-bond acceptors (Lipinski definition) is 3. The van der Waals surface area contributed by atoms with E-state index in [-0.39, 0.29) is 17.9 Å². The minimum absolute atomic E-state index is 0.103. The summed E-state index contributed by atoms with van der Waals surface area (Å²) < 4.78 is 5.39. The smallest absolute Gasteiger partial charge is 0.253 e. The first-order chi connectivity index (χ1) is 13.1. The number of carbonyl (C=O) groups is 2. The number of carbonyl (C=O) groups excluding carboxylic acids is 2. The van der Waals surface area contributed by atoms with Crippen molar-refractivity contribution in [3.8, 4) is 0 Å². The van der Waals surface area contributed by atoms with Gasteiger partial charge in [-0.1, -0.05) is 37.3 Å². The van der Waals surface area contributed by atoms with Gasteiger partial charge in [-0.15, -0.1) is 0 Å². The molecule has 2 atom stereocenters. The summed E-state index contributed by atoms with van der Waals surface area (Å²) in [6.07, 6.45) is 2.23. The van der Waals surface area contributed by atoms with E-state index in [0.29, 0.717) is 17.9 Å².